The Kier molecular flexibility index (Phi) is 16.4. The molecule has 3 atom stereocenters. The average molecular weight is 1120 g/mol. The summed E-state index contributed by atoms with van der Waals surface area (Å²) in [5, 5.41) is 9.97. The van der Waals surface area contributed by atoms with Crippen molar-refractivity contribution in [1.82, 2.24) is 40.4 Å². The summed E-state index contributed by atoms with van der Waals surface area (Å²) in [6, 6.07) is 10.5. The second-order valence-electron chi connectivity index (χ2n) is 22.5. The van der Waals surface area contributed by atoms with E-state index in [1.165, 1.54) is 15.5 Å². The highest BCUT2D eigenvalue weighted by Gasteiger charge is 2.47. The number of sulfone groups is 1. The maximum absolute atomic E-state index is 15.6. The Labute approximate surface area is 462 Å². The van der Waals surface area contributed by atoms with E-state index in [-0.39, 0.29) is 53.2 Å². The largest absolute Gasteiger partial charge is 0.356 e. The van der Waals surface area contributed by atoms with Crippen molar-refractivity contribution in [2.45, 2.75) is 135 Å². The lowest BCUT2D eigenvalue weighted by atomic mass is 9.85. The lowest BCUT2D eigenvalue weighted by Crippen LogP contribution is -2.58. The van der Waals surface area contributed by atoms with Gasteiger partial charge in [-0.3, -0.25) is 24.0 Å². The standard InChI is InChI=1S/C58H68F2N10O7S2/c1-34-49(78-33-64-34)35-19-21-38(22-20-35)58(5)56(75)66-51(67-58)44-17-16-24-69(44)55(74)50(57(2,3)4)65-46(71)18-14-12-10-8-9-11-13-15-23-61-53(72)40-27-45-41(25-36(40)32-79(7,76)77)42-31-68(6)54(73)48-47(42)37(28-62-48)30-70(45)52-43(60)26-39(59)29-63-52/h19-22,25-29,31,33,44,50,62H,8-18,23-24,30,32H2,1-7H3,(H,61,72)(H,65,71)(H,66,67,75)/t44?,50?,58-/m0/s1. The Morgan fingerprint density at radius 2 is 1.67 bits per heavy atom. The van der Waals surface area contributed by atoms with Crippen LogP contribution in [0, 0.1) is 24.0 Å². The number of unbranched alkanes of at least 4 members (excludes halogenated alkanes) is 7. The van der Waals surface area contributed by atoms with Gasteiger partial charge in [0.05, 0.1) is 46.3 Å². The number of carbonyl (C=O) groups excluding carboxylic acids is 4. The van der Waals surface area contributed by atoms with E-state index in [2.05, 4.69) is 35.9 Å². The predicted molar refractivity (Wildman–Crippen MR) is 303 cm³/mol. The number of nitrogens with zero attached hydrogens (tertiary/aromatic N) is 6. The second-order valence-corrected chi connectivity index (χ2v) is 25.4. The van der Waals surface area contributed by atoms with Gasteiger partial charge >= 0.3 is 0 Å². The monoisotopic (exact) mass is 1120 g/mol. The van der Waals surface area contributed by atoms with Crippen molar-refractivity contribution < 1.29 is 36.4 Å². The van der Waals surface area contributed by atoms with Crippen LogP contribution in [0.3, 0.4) is 0 Å². The number of aliphatic imine (C=N–C) groups is 1. The first-order valence-corrected chi connectivity index (χ1v) is 29.9. The number of hydrogen-bond acceptors (Lipinski definition) is 12. The van der Waals surface area contributed by atoms with E-state index >= 15 is 4.39 Å². The summed E-state index contributed by atoms with van der Waals surface area (Å²) in [7, 11) is -2.08. The topological polar surface area (TPSA) is 221 Å². The third kappa shape index (κ3) is 12.1. The van der Waals surface area contributed by atoms with Gasteiger partial charge in [0.15, 0.2) is 21.5 Å². The molecule has 2 aromatic carbocycles. The zero-order valence-electron chi connectivity index (χ0n) is 45.7. The lowest BCUT2D eigenvalue weighted by Gasteiger charge is -2.36. The molecule has 1 fully saturated rings. The predicted octanol–water partition coefficient (Wildman–Crippen LogP) is 9.04. The highest BCUT2D eigenvalue weighted by molar-refractivity contribution is 7.89. The van der Waals surface area contributed by atoms with Crippen LogP contribution in [-0.2, 0) is 49.1 Å². The number of carbonyl (C=O) groups is 4. The first-order valence-electron chi connectivity index (χ1n) is 27.0. The molecule has 0 aliphatic carbocycles. The van der Waals surface area contributed by atoms with E-state index in [0.29, 0.717) is 77.5 Å². The van der Waals surface area contributed by atoms with Crippen molar-refractivity contribution in [2.75, 3.05) is 24.2 Å². The van der Waals surface area contributed by atoms with Gasteiger partial charge in [-0.2, -0.15) is 4.99 Å². The molecule has 0 radical (unpaired) electrons. The van der Waals surface area contributed by atoms with Crippen LogP contribution >= 0.6 is 11.3 Å². The van der Waals surface area contributed by atoms with Gasteiger partial charge in [-0.15, -0.1) is 11.3 Å². The van der Waals surface area contributed by atoms with Gasteiger partial charge in [0.2, 0.25) is 11.8 Å². The van der Waals surface area contributed by atoms with E-state index in [4.69, 9.17) is 0 Å². The Morgan fingerprint density at radius 1 is 0.962 bits per heavy atom. The summed E-state index contributed by atoms with van der Waals surface area (Å²) in [4.78, 5) is 88.8. The zero-order valence-corrected chi connectivity index (χ0v) is 47.4. The molecule has 418 valence electrons. The maximum Gasteiger partial charge on any atom is 0.277 e. The minimum Gasteiger partial charge on any atom is -0.356 e. The molecule has 4 N–H and O–H groups in total. The molecule has 3 aliphatic rings. The van der Waals surface area contributed by atoms with Crippen molar-refractivity contribution in [3.05, 3.63) is 117 Å². The number of hydrogen-bond donors (Lipinski definition) is 4. The summed E-state index contributed by atoms with van der Waals surface area (Å²) < 4.78 is 56.7. The number of H-pyrrole nitrogens is 1. The minimum absolute atomic E-state index is 0.000532. The molecule has 7 heterocycles. The SMILES string of the molecule is Cc1ncsc1-c1ccc([C@]2(C)NC(C3CCCN3C(=O)C(NC(=O)CCCCCCCCCCNC(=O)c3cc4c(cc3CS(C)(=O)=O)-c3cn(C)c(=O)c5[nH]cc(c35)CN4c3ncc(F)cc3F)C(C)(C)C)=NC2=O)cc1. The molecule has 0 spiro atoms. The number of amidine groups is 1. The van der Waals surface area contributed by atoms with Crippen molar-refractivity contribution in [2.24, 2.45) is 17.5 Å². The van der Waals surface area contributed by atoms with Crippen LogP contribution in [0.25, 0.3) is 32.5 Å². The first-order chi connectivity index (χ1) is 37.5. The van der Waals surface area contributed by atoms with Crippen LogP contribution in [0.2, 0.25) is 0 Å². The van der Waals surface area contributed by atoms with Gasteiger partial charge in [-0.1, -0.05) is 83.6 Å². The minimum atomic E-state index is -3.66. The molecule has 6 aromatic rings. The highest BCUT2D eigenvalue weighted by atomic mass is 32.2. The van der Waals surface area contributed by atoms with Crippen molar-refractivity contribution >= 4 is 73.0 Å². The van der Waals surface area contributed by atoms with Crippen molar-refractivity contribution in [3.63, 3.8) is 0 Å². The van der Waals surface area contributed by atoms with Crippen LogP contribution in [0.5, 0.6) is 0 Å². The third-order valence-corrected chi connectivity index (χ3v) is 17.1. The molecular formula is C58H68F2N10O7S2. The summed E-state index contributed by atoms with van der Waals surface area (Å²) >= 11 is 1.57. The molecular weight excluding hydrogens is 1050 g/mol. The Balaban J connectivity index is 0.741. The van der Waals surface area contributed by atoms with Crippen LogP contribution in [0.15, 0.2) is 76.4 Å². The number of rotatable bonds is 20. The molecule has 21 heteroatoms. The fraction of sp³-hybridized carbons (Fsp3) is 0.448. The number of nitrogens with one attached hydrogen (secondary N) is 4. The van der Waals surface area contributed by atoms with E-state index in [1.807, 2.05) is 64.4 Å². The number of aryl methyl sites for hydroxylation is 2. The molecule has 17 nitrogen and oxygen atoms in total. The molecule has 79 heavy (non-hydrogen) atoms. The Hall–Kier alpha value is -7.13. The summed E-state index contributed by atoms with van der Waals surface area (Å²) in [5.74, 6) is -3.24. The van der Waals surface area contributed by atoms with Crippen LogP contribution in [0.4, 0.5) is 20.3 Å². The number of aromatic nitrogens is 4. The maximum atomic E-state index is 15.6. The fourth-order valence-electron chi connectivity index (χ4n) is 11.1. The highest BCUT2D eigenvalue weighted by Crippen LogP contribution is 2.45. The molecule has 0 bridgehead atoms. The molecule has 1 saturated heterocycles. The summed E-state index contributed by atoms with van der Waals surface area (Å²) in [6.45, 7) is 10.4. The normalized spacial score (nSPS) is 17.6. The number of fused-ring (bicyclic) bond motifs is 2. The second kappa shape index (κ2) is 22.9. The molecule has 4 aromatic heterocycles. The zero-order chi connectivity index (χ0) is 56.6. The van der Waals surface area contributed by atoms with Gasteiger partial charge in [0.25, 0.3) is 17.4 Å². The van der Waals surface area contributed by atoms with E-state index in [0.717, 1.165) is 79.1 Å². The van der Waals surface area contributed by atoms with E-state index in [1.54, 1.807) is 41.7 Å². The summed E-state index contributed by atoms with van der Waals surface area (Å²) in [5.41, 5.74) is 5.14. The van der Waals surface area contributed by atoms with Crippen LogP contribution in [0.1, 0.15) is 131 Å². The van der Waals surface area contributed by atoms with E-state index in [9.17, 15) is 36.8 Å². The van der Waals surface area contributed by atoms with Gasteiger partial charge in [0, 0.05) is 73.4 Å². The number of halogens is 2. The smallest absolute Gasteiger partial charge is 0.277 e. The van der Waals surface area contributed by atoms with Crippen LogP contribution < -0.4 is 26.4 Å². The summed E-state index contributed by atoms with van der Waals surface area (Å²) in [6.07, 6.45) is 13.7. The number of aromatic amines is 1. The molecule has 4 amide bonds. The average Bonchev–Trinajstić information content (AvgIpc) is 4.21. The molecule has 0 saturated carbocycles. The fourth-order valence-corrected chi connectivity index (χ4v) is 12.7. The van der Waals surface area contributed by atoms with Crippen LogP contribution in [-0.4, -0.2) is 93.7 Å². The molecule has 9 rings (SSSR count). The molecule has 2 unspecified atom stereocenters. The third-order valence-electron chi connectivity index (χ3n) is 15.3. The van der Waals surface area contributed by atoms with Gasteiger partial charge in [0.1, 0.15) is 28.8 Å². The quantitative estimate of drug-likeness (QED) is 0.0528. The van der Waals surface area contributed by atoms with Crippen molar-refractivity contribution in [1.29, 1.82) is 0 Å². The number of anilines is 2. The van der Waals surface area contributed by atoms with Crippen molar-refractivity contribution in [3.8, 4) is 21.6 Å². The first kappa shape index (κ1) is 56.6. The lowest BCUT2D eigenvalue weighted by molar-refractivity contribution is -0.139. The van der Waals surface area contributed by atoms with E-state index < -0.39 is 56.2 Å². The van der Waals surface area contributed by atoms with Gasteiger partial charge in [-0.25, -0.2) is 27.2 Å². The van der Waals surface area contributed by atoms with Gasteiger partial charge in [-0.05, 0) is 79.3 Å². The number of benzene rings is 2. The number of pyridine rings is 2. The number of amides is 4. The van der Waals surface area contributed by atoms with Gasteiger partial charge < -0.3 is 35.3 Å². The Bertz CT molecular complexity index is 3550. The number of thiazole rings is 1. The number of likely N-dealkylation sites (tertiary alicyclic amines) is 1. The molecule has 3 aliphatic heterocycles. The Morgan fingerprint density at radius 3 is 2.34 bits per heavy atom.